The summed E-state index contributed by atoms with van der Waals surface area (Å²) < 4.78 is 5.25. The predicted octanol–water partition coefficient (Wildman–Crippen LogP) is 2.39. The van der Waals surface area contributed by atoms with Gasteiger partial charge in [0, 0.05) is 11.5 Å². The van der Waals surface area contributed by atoms with Gasteiger partial charge in [-0.25, -0.2) is 4.79 Å². The van der Waals surface area contributed by atoms with E-state index in [9.17, 15) is 14.7 Å². The molecule has 4 aliphatic rings. The summed E-state index contributed by atoms with van der Waals surface area (Å²) in [7, 11) is 0. The van der Waals surface area contributed by atoms with Gasteiger partial charge in [-0.15, -0.1) is 0 Å². The molecule has 0 saturated heterocycles. The summed E-state index contributed by atoms with van der Waals surface area (Å²) in [6.07, 6.45) is 6.67. The van der Waals surface area contributed by atoms with Crippen LogP contribution >= 0.6 is 0 Å². The van der Waals surface area contributed by atoms with Crippen molar-refractivity contribution in [3.63, 3.8) is 0 Å². The molecule has 4 aliphatic carbocycles. The quantitative estimate of drug-likeness (QED) is 0.625. The molecule has 0 radical (unpaired) electrons. The van der Waals surface area contributed by atoms with Crippen LogP contribution in [0.3, 0.4) is 0 Å². The Kier molecular flexibility index (Phi) is 2.73. The van der Waals surface area contributed by atoms with E-state index < -0.39 is 17.4 Å². The van der Waals surface area contributed by atoms with Gasteiger partial charge in [0.15, 0.2) is 0 Å². The molecule has 0 aromatic heterocycles. The highest BCUT2D eigenvalue weighted by Gasteiger charge is 2.61. The third-order valence-electron chi connectivity index (χ3n) is 5.32. The van der Waals surface area contributed by atoms with Crippen LogP contribution in [-0.4, -0.2) is 23.7 Å². The third kappa shape index (κ3) is 1.97. The number of carboxylic acid groups (broad SMARTS) is 1. The van der Waals surface area contributed by atoms with Gasteiger partial charge in [0.2, 0.25) is 0 Å². The zero-order valence-corrected chi connectivity index (χ0v) is 11.1. The minimum atomic E-state index is -0.652. The van der Waals surface area contributed by atoms with Crippen molar-refractivity contribution in [1.82, 2.24) is 0 Å². The molecule has 0 spiro atoms. The van der Waals surface area contributed by atoms with Crippen molar-refractivity contribution in [2.75, 3.05) is 6.61 Å². The van der Waals surface area contributed by atoms with E-state index in [-0.39, 0.29) is 5.41 Å². The highest BCUT2D eigenvalue weighted by atomic mass is 16.5. The molecular weight excluding hydrogens is 244 g/mol. The maximum atomic E-state index is 11.7. The van der Waals surface area contributed by atoms with Gasteiger partial charge in [-0.3, -0.25) is 4.79 Å². The van der Waals surface area contributed by atoms with Crippen LogP contribution in [0.15, 0.2) is 12.7 Å². The Morgan fingerprint density at radius 3 is 2.42 bits per heavy atom. The monoisotopic (exact) mass is 264 g/mol. The molecule has 0 aliphatic heterocycles. The topological polar surface area (TPSA) is 63.6 Å². The van der Waals surface area contributed by atoms with E-state index in [1.54, 1.807) is 0 Å². The second kappa shape index (κ2) is 4.09. The summed E-state index contributed by atoms with van der Waals surface area (Å²) >= 11 is 0. The van der Waals surface area contributed by atoms with Gasteiger partial charge in [-0.05, 0) is 50.4 Å². The molecule has 4 nitrogen and oxygen atoms in total. The molecule has 0 aromatic rings. The lowest BCUT2D eigenvalue weighted by atomic mass is 9.44. The average Bonchev–Trinajstić information content (AvgIpc) is 2.34. The predicted molar refractivity (Wildman–Crippen MR) is 68.3 cm³/mol. The second-order valence-electron chi connectivity index (χ2n) is 6.86. The van der Waals surface area contributed by atoms with Gasteiger partial charge in [-0.2, -0.15) is 0 Å². The molecule has 19 heavy (non-hydrogen) atoms. The van der Waals surface area contributed by atoms with Crippen LogP contribution in [-0.2, 0) is 14.3 Å². The number of carbonyl (C=O) groups excluding carboxylic acids is 1. The molecule has 0 aromatic carbocycles. The highest BCUT2D eigenvalue weighted by molar-refractivity contribution is 5.81. The van der Waals surface area contributed by atoms with Gasteiger partial charge in [0.25, 0.3) is 0 Å². The smallest absolute Gasteiger partial charge is 0.330 e. The van der Waals surface area contributed by atoms with Crippen LogP contribution < -0.4 is 0 Å². The van der Waals surface area contributed by atoms with E-state index in [0.717, 1.165) is 32.1 Å². The number of aliphatic carboxylic acids is 1. The molecule has 4 rings (SSSR count). The SMILES string of the molecule is C=CC(=O)OCC12CC3CC(C1)CC(C(=O)O)(C3)C2. The summed E-state index contributed by atoms with van der Waals surface area (Å²) in [5.74, 6) is -0.0549. The first-order valence-corrected chi connectivity index (χ1v) is 7.00. The maximum Gasteiger partial charge on any atom is 0.330 e. The lowest BCUT2D eigenvalue weighted by Crippen LogP contribution is -2.56. The van der Waals surface area contributed by atoms with E-state index in [1.165, 1.54) is 6.08 Å². The van der Waals surface area contributed by atoms with Crippen LogP contribution in [0, 0.1) is 22.7 Å². The van der Waals surface area contributed by atoms with E-state index in [0.29, 0.717) is 24.9 Å². The Bertz CT molecular complexity index is 425. The first kappa shape index (κ1) is 12.7. The average molecular weight is 264 g/mol. The molecule has 104 valence electrons. The lowest BCUT2D eigenvalue weighted by molar-refractivity contribution is -0.182. The van der Waals surface area contributed by atoms with Crippen molar-refractivity contribution < 1.29 is 19.4 Å². The van der Waals surface area contributed by atoms with Crippen molar-refractivity contribution in [3.8, 4) is 0 Å². The first-order chi connectivity index (χ1) is 8.97. The number of carboxylic acids is 1. The molecule has 4 saturated carbocycles. The lowest BCUT2D eigenvalue weighted by Gasteiger charge is -2.60. The summed E-state index contributed by atoms with van der Waals surface area (Å²) in [5.41, 5.74) is -0.647. The maximum absolute atomic E-state index is 11.7. The fourth-order valence-electron chi connectivity index (χ4n) is 5.15. The van der Waals surface area contributed by atoms with E-state index >= 15 is 0 Å². The van der Waals surface area contributed by atoms with Crippen molar-refractivity contribution >= 4 is 11.9 Å². The zero-order valence-electron chi connectivity index (χ0n) is 11.1. The zero-order chi connectivity index (χ0) is 13.7. The summed E-state index contributed by atoms with van der Waals surface area (Å²) in [6, 6.07) is 0. The van der Waals surface area contributed by atoms with E-state index in [1.807, 2.05) is 0 Å². The third-order valence-corrected chi connectivity index (χ3v) is 5.32. The molecule has 0 heterocycles. The summed E-state index contributed by atoms with van der Waals surface area (Å²) in [5, 5.41) is 9.59. The number of rotatable bonds is 4. The molecule has 4 fully saturated rings. The minimum absolute atomic E-state index is 0.0961. The second-order valence-corrected chi connectivity index (χ2v) is 6.86. The first-order valence-electron chi connectivity index (χ1n) is 7.00. The van der Waals surface area contributed by atoms with Gasteiger partial charge in [-0.1, -0.05) is 6.58 Å². The van der Waals surface area contributed by atoms with Crippen LogP contribution in [0.5, 0.6) is 0 Å². The number of carbonyl (C=O) groups is 2. The molecule has 4 bridgehead atoms. The van der Waals surface area contributed by atoms with Gasteiger partial charge < -0.3 is 9.84 Å². The fourth-order valence-corrected chi connectivity index (χ4v) is 5.15. The Hall–Kier alpha value is -1.32. The Labute approximate surface area is 112 Å². The number of hydrogen-bond donors (Lipinski definition) is 1. The largest absolute Gasteiger partial charge is 0.481 e. The summed E-state index contributed by atoms with van der Waals surface area (Å²) in [6.45, 7) is 3.76. The molecule has 1 N–H and O–H groups in total. The molecule has 2 unspecified atom stereocenters. The van der Waals surface area contributed by atoms with Crippen molar-refractivity contribution in [2.24, 2.45) is 22.7 Å². The van der Waals surface area contributed by atoms with Crippen molar-refractivity contribution in [2.45, 2.75) is 38.5 Å². The Balaban J connectivity index is 1.81. The van der Waals surface area contributed by atoms with Crippen LogP contribution in [0.1, 0.15) is 38.5 Å². The van der Waals surface area contributed by atoms with Crippen LogP contribution in [0.25, 0.3) is 0 Å². The molecular formula is C15H20O4. The normalized spacial score (nSPS) is 42.9. The van der Waals surface area contributed by atoms with Crippen molar-refractivity contribution in [1.29, 1.82) is 0 Å². The van der Waals surface area contributed by atoms with Crippen molar-refractivity contribution in [3.05, 3.63) is 12.7 Å². The number of ether oxygens (including phenoxy) is 1. The Morgan fingerprint density at radius 1 is 1.26 bits per heavy atom. The highest BCUT2D eigenvalue weighted by Crippen LogP contribution is 2.65. The molecule has 0 amide bonds. The van der Waals surface area contributed by atoms with Gasteiger partial charge in [0.1, 0.15) is 0 Å². The Morgan fingerprint density at radius 2 is 1.89 bits per heavy atom. The number of hydrogen-bond acceptors (Lipinski definition) is 3. The fraction of sp³-hybridized carbons (Fsp3) is 0.733. The van der Waals surface area contributed by atoms with Gasteiger partial charge in [0.05, 0.1) is 12.0 Å². The van der Waals surface area contributed by atoms with Crippen LogP contribution in [0.4, 0.5) is 0 Å². The molecule has 2 atom stereocenters. The minimum Gasteiger partial charge on any atom is -0.481 e. The van der Waals surface area contributed by atoms with E-state index in [4.69, 9.17) is 4.74 Å². The summed E-state index contributed by atoms with van der Waals surface area (Å²) in [4.78, 5) is 22.9. The standard InChI is InChI=1S/C15H20O4/c1-2-12(16)19-9-14-4-10-3-11(5-14)7-15(6-10,8-14)13(17)18/h2,10-11H,1,3-9H2,(H,17,18). The van der Waals surface area contributed by atoms with Gasteiger partial charge >= 0.3 is 11.9 Å². The van der Waals surface area contributed by atoms with Crippen LogP contribution in [0.2, 0.25) is 0 Å². The molecule has 4 heteroatoms. The number of esters is 1. The van der Waals surface area contributed by atoms with E-state index in [2.05, 4.69) is 6.58 Å².